The second-order valence-electron chi connectivity index (χ2n) is 11.3. The van der Waals surface area contributed by atoms with Gasteiger partial charge in [-0.3, -0.25) is 9.59 Å². The lowest BCUT2D eigenvalue weighted by Gasteiger charge is -2.61. The Morgan fingerprint density at radius 3 is 2.65 bits per heavy atom. The molecule has 31 heavy (non-hydrogen) atoms. The first-order valence-electron chi connectivity index (χ1n) is 11.5. The third-order valence-corrected chi connectivity index (χ3v) is 9.42. The molecule has 5 aliphatic rings. The van der Waals surface area contributed by atoms with Crippen LogP contribution in [0.25, 0.3) is 0 Å². The van der Waals surface area contributed by atoms with Gasteiger partial charge < -0.3 is 19.7 Å². The van der Waals surface area contributed by atoms with Gasteiger partial charge in [-0.15, -0.1) is 0 Å². The summed E-state index contributed by atoms with van der Waals surface area (Å²) in [7, 11) is 0. The minimum Gasteiger partial charge on any atom is -0.393 e. The lowest BCUT2D eigenvalue weighted by Crippen LogP contribution is -2.64. The summed E-state index contributed by atoms with van der Waals surface area (Å²) in [6, 6.07) is 0. The number of ether oxygens (including phenoxy) is 2. The molecule has 4 fully saturated rings. The molecule has 0 amide bonds. The minimum atomic E-state index is -1.35. The van der Waals surface area contributed by atoms with Gasteiger partial charge in [0.2, 0.25) is 0 Å². The van der Waals surface area contributed by atoms with Crippen LogP contribution in [-0.2, 0) is 19.1 Å². The lowest BCUT2D eigenvalue weighted by atomic mass is 9.45. The van der Waals surface area contributed by atoms with Crippen LogP contribution < -0.4 is 0 Å². The molecular weight excluding hydrogens is 403 g/mol. The zero-order chi connectivity index (χ0) is 22.6. The van der Waals surface area contributed by atoms with Crippen LogP contribution in [0.4, 0.5) is 4.39 Å². The quantitative estimate of drug-likeness (QED) is 0.691. The van der Waals surface area contributed by atoms with Crippen molar-refractivity contribution in [3.8, 4) is 0 Å². The molecule has 0 aromatic carbocycles. The summed E-state index contributed by atoms with van der Waals surface area (Å²) in [6.45, 7) is 6.78. The number of allylic oxidation sites excluding steroid dienone is 1. The smallest absolute Gasteiger partial charge is 0.193 e. The number of carbonyl (C=O) groups excluding carboxylic acids is 2. The Kier molecular flexibility index (Phi) is 4.52. The fraction of sp³-hybridized carbons (Fsp3) is 0.833. The number of ketones is 2. The molecule has 172 valence electrons. The van der Waals surface area contributed by atoms with E-state index in [4.69, 9.17) is 9.47 Å². The standard InChI is InChI=1S/C24H33FO6/c1-21(2)30-19-9-14-13-8-16(25)15-7-12(27)5-6-22(15,3)20(13)17(28)10-23(14,4)24(19,31-21)18(29)11-26/h7,13-14,16-17,19-20,26,28H,5-6,8-11H2,1-4H3/t13-,14+,16+,17+,19-,20-,22+,23+,24-/m1/s1. The molecule has 7 heteroatoms. The van der Waals surface area contributed by atoms with Gasteiger partial charge in [0.05, 0.1) is 12.2 Å². The molecule has 0 aromatic rings. The highest BCUT2D eigenvalue weighted by Gasteiger charge is 2.77. The molecule has 3 saturated carbocycles. The maximum absolute atomic E-state index is 15.5. The van der Waals surface area contributed by atoms with E-state index in [2.05, 4.69) is 0 Å². The number of aliphatic hydroxyl groups is 2. The summed E-state index contributed by atoms with van der Waals surface area (Å²) < 4.78 is 27.9. The Hall–Kier alpha value is -1.15. The number of Topliss-reactive ketones (excluding diaryl/α,β-unsaturated/α-hetero) is 1. The molecule has 0 unspecified atom stereocenters. The summed E-state index contributed by atoms with van der Waals surface area (Å²) in [6.07, 6.45) is 0.872. The number of fused-ring (bicyclic) bond motifs is 7. The van der Waals surface area contributed by atoms with Gasteiger partial charge in [-0.25, -0.2) is 4.39 Å². The van der Waals surface area contributed by atoms with Gasteiger partial charge in [-0.2, -0.15) is 0 Å². The Labute approximate surface area is 182 Å². The van der Waals surface area contributed by atoms with Crippen molar-refractivity contribution in [3.63, 3.8) is 0 Å². The molecule has 2 N–H and O–H groups in total. The average Bonchev–Trinajstić information content (AvgIpc) is 3.08. The highest BCUT2D eigenvalue weighted by Crippen LogP contribution is 2.70. The molecule has 4 aliphatic carbocycles. The number of rotatable bonds is 2. The first-order chi connectivity index (χ1) is 14.4. The maximum atomic E-state index is 15.5. The monoisotopic (exact) mass is 436 g/mol. The number of hydrogen-bond donors (Lipinski definition) is 2. The molecule has 0 aromatic heterocycles. The molecule has 5 rings (SSSR count). The van der Waals surface area contributed by atoms with Crippen molar-refractivity contribution in [2.75, 3.05) is 6.61 Å². The second-order valence-corrected chi connectivity index (χ2v) is 11.3. The van der Waals surface area contributed by atoms with Crippen LogP contribution in [0, 0.1) is 28.6 Å². The predicted molar refractivity (Wildman–Crippen MR) is 109 cm³/mol. The second kappa shape index (κ2) is 6.46. The van der Waals surface area contributed by atoms with Crippen molar-refractivity contribution in [1.82, 2.24) is 0 Å². The van der Waals surface area contributed by atoms with Crippen molar-refractivity contribution < 1.29 is 33.7 Å². The molecule has 1 saturated heterocycles. The largest absolute Gasteiger partial charge is 0.393 e. The maximum Gasteiger partial charge on any atom is 0.193 e. The zero-order valence-corrected chi connectivity index (χ0v) is 18.7. The van der Waals surface area contributed by atoms with Crippen LogP contribution in [0.3, 0.4) is 0 Å². The van der Waals surface area contributed by atoms with Crippen LogP contribution in [0.5, 0.6) is 0 Å². The van der Waals surface area contributed by atoms with Gasteiger partial charge in [0.15, 0.2) is 23.0 Å². The van der Waals surface area contributed by atoms with Gasteiger partial charge in [-0.05, 0) is 74.3 Å². The third-order valence-electron chi connectivity index (χ3n) is 9.42. The van der Waals surface area contributed by atoms with E-state index in [1.54, 1.807) is 13.8 Å². The first-order valence-corrected chi connectivity index (χ1v) is 11.5. The van der Waals surface area contributed by atoms with Crippen molar-refractivity contribution in [3.05, 3.63) is 11.6 Å². The molecular formula is C24H33FO6. The topological polar surface area (TPSA) is 93.1 Å². The Morgan fingerprint density at radius 2 is 1.97 bits per heavy atom. The van der Waals surface area contributed by atoms with Crippen molar-refractivity contribution in [2.24, 2.45) is 28.6 Å². The third kappa shape index (κ3) is 2.58. The predicted octanol–water partition coefficient (Wildman–Crippen LogP) is 2.50. The zero-order valence-electron chi connectivity index (χ0n) is 18.7. The summed E-state index contributed by atoms with van der Waals surface area (Å²) >= 11 is 0. The molecule has 9 atom stereocenters. The molecule has 1 aliphatic heterocycles. The Bertz CT molecular complexity index is 868. The molecule has 0 radical (unpaired) electrons. The fourth-order valence-electron chi connectivity index (χ4n) is 8.41. The van der Waals surface area contributed by atoms with Gasteiger partial charge in [0, 0.05) is 11.8 Å². The van der Waals surface area contributed by atoms with Crippen LogP contribution in [0.2, 0.25) is 0 Å². The molecule has 0 bridgehead atoms. The van der Waals surface area contributed by atoms with Crippen molar-refractivity contribution in [2.45, 2.75) is 89.6 Å². The van der Waals surface area contributed by atoms with Crippen molar-refractivity contribution >= 4 is 11.6 Å². The van der Waals surface area contributed by atoms with Gasteiger partial charge in [-0.1, -0.05) is 13.8 Å². The van der Waals surface area contributed by atoms with E-state index in [1.165, 1.54) is 6.08 Å². The summed E-state index contributed by atoms with van der Waals surface area (Å²) in [5, 5.41) is 21.3. The van der Waals surface area contributed by atoms with E-state index < -0.39 is 53.0 Å². The molecule has 0 spiro atoms. The van der Waals surface area contributed by atoms with E-state index in [1.807, 2.05) is 13.8 Å². The molecule has 6 nitrogen and oxygen atoms in total. The number of halogens is 1. The van der Waals surface area contributed by atoms with Gasteiger partial charge >= 0.3 is 0 Å². The average molecular weight is 437 g/mol. The summed E-state index contributed by atoms with van der Waals surface area (Å²) in [5.41, 5.74) is -2.19. The first kappa shape index (κ1) is 21.7. The number of aliphatic hydroxyl groups excluding tert-OH is 2. The fourth-order valence-corrected chi connectivity index (χ4v) is 8.41. The normalized spacial score (nSPS) is 52.6. The van der Waals surface area contributed by atoms with Crippen LogP contribution in [0.1, 0.15) is 59.8 Å². The van der Waals surface area contributed by atoms with Gasteiger partial charge in [0.25, 0.3) is 0 Å². The number of carbonyl (C=O) groups is 2. The van der Waals surface area contributed by atoms with E-state index in [0.29, 0.717) is 31.3 Å². The van der Waals surface area contributed by atoms with Crippen molar-refractivity contribution in [1.29, 1.82) is 0 Å². The van der Waals surface area contributed by atoms with Crippen LogP contribution in [-0.4, -0.2) is 58.2 Å². The van der Waals surface area contributed by atoms with Crippen LogP contribution in [0.15, 0.2) is 11.6 Å². The highest BCUT2D eigenvalue weighted by molar-refractivity contribution is 5.92. The summed E-state index contributed by atoms with van der Waals surface area (Å²) in [4.78, 5) is 25.2. The highest BCUT2D eigenvalue weighted by atomic mass is 19.1. The van der Waals surface area contributed by atoms with E-state index >= 15 is 4.39 Å². The minimum absolute atomic E-state index is 0.0457. The number of hydrogen-bond acceptors (Lipinski definition) is 6. The SMILES string of the molecule is CC1(C)O[C@@H]2C[C@H]3[C@H]4C[C@H](F)C5=CC(=O)CC[C@]5(C)[C@H]4[C@@H](O)C[C@]3(C)[C@]2(C(=O)CO)O1. The van der Waals surface area contributed by atoms with E-state index in [0.717, 1.165) is 0 Å². The van der Waals surface area contributed by atoms with Crippen LogP contribution >= 0.6 is 0 Å². The number of alkyl halides is 1. The lowest BCUT2D eigenvalue weighted by molar-refractivity contribution is -0.228. The molecule has 1 heterocycles. The Balaban J connectivity index is 1.61. The van der Waals surface area contributed by atoms with E-state index in [-0.39, 0.29) is 30.0 Å². The summed E-state index contributed by atoms with van der Waals surface area (Å²) in [5.74, 6) is -1.90. The van der Waals surface area contributed by atoms with Gasteiger partial charge in [0.1, 0.15) is 12.8 Å². The Morgan fingerprint density at radius 1 is 1.26 bits per heavy atom. The van der Waals surface area contributed by atoms with E-state index in [9.17, 15) is 19.8 Å².